The van der Waals surface area contributed by atoms with Crippen molar-refractivity contribution in [3.8, 4) is 0 Å². The smallest absolute Gasteiger partial charge is 0.325 e. The minimum absolute atomic E-state index is 0.136. The Morgan fingerprint density at radius 1 is 0.977 bits per heavy atom. The van der Waals surface area contributed by atoms with Crippen molar-refractivity contribution < 1.29 is 38.2 Å². The summed E-state index contributed by atoms with van der Waals surface area (Å²) in [5.41, 5.74) is 1.15. The van der Waals surface area contributed by atoms with Gasteiger partial charge in [-0.05, 0) is 37.7 Å². The van der Waals surface area contributed by atoms with Crippen LogP contribution < -0.4 is 16.0 Å². The van der Waals surface area contributed by atoms with E-state index in [1.165, 1.54) is 0 Å². The number of ketones is 1. The van der Waals surface area contributed by atoms with Gasteiger partial charge in [0.1, 0.15) is 18.6 Å². The maximum absolute atomic E-state index is 13.6. The number of hydrogen-bond donors (Lipinski definition) is 3. The number of ether oxygens (including phenoxy) is 3. The molecule has 2 unspecified atom stereocenters. The summed E-state index contributed by atoms with van der Waals surface area (Å²) in [6.07, 6.45) is 7.06. The van der Waals surface area contributed by atoms with Crippen LogP contribution in [0.3, 0.4) is 0 Å². The van der Waals surface area contributed by atoms with Crippen LogP contribution in [0, 0.1) is 5.92 Å². The largest absolute Gasteiger partial charge is 0.465 e. The minimum Gasteiger partial charge on any atom is -0.465 e. The van der Waals surface area contributed by atoms with E-state index in [2.05, 4.69) is 16.0 Å². The fraction of sp³-hybridized carbons (Fsp3) is 0.645. The average molecular weight is 603 g/mol. The van der Waals surface area contributed by atoms with Crippen molar-refractivity contribution in [2.75, 3.05) is 52.7 Å². The first-order chi connectivity index (χ1) is 20.9. The quantitative estimate of drug-likeness (QED) is 0.147. The summed E-state index contributed by atoms with van der Waals surface area (Å²) >= 11 is 0. The highest BCUT2D eigenvalue weighted by atomic mass is 16.5. The molecule has 1 aromatic rings. The highest BCUT2D eigenvalue weighted by Crippen LogP contribution is 2.27. The maximum atomic E-state index is 13.6. The van der Waals surface area contributed by atoms with E-state index in [-0.39, 0.29) is 25.2 Å². The van der Waals surface area contributed by atoms with Gasteiger partial charge in [-0.25, -0.2) is 4.79 Å². The summed E-state index contributed by atoms with van der Waals surface area (Å²) in [5, 5.41) is 7.79. The summed E-state index contributed by atoms with van der Waals surface area (Å²) in [4.78, 5) is 65.7. The summed E-state index contributed by atoms with van der Waals surface area (Å²) in [5.74, 6) is -2.97. The van der Waals surface area contributed by atoms with Crippen LogP contribution in [0.2, 0.25) is 0 Å². The third-order valence-corrected chi connectivity index (χ3v) is 7.64. The fourth-order valence-corrected chi connectivity index (χ4v) is 5.28. The molecule has 0 aromatic heterocycles. The number of morpholine rings is 1. The number of carbonyl (C=O) groups is 5. The second-order valence-electron chi connectivity index (χ2n) is 10.9. The van der Waals surface area contributed by atoms with Crippen LogP contribution in [-0.2, 0) is 39.8 Å². The molecule has 3 N–H and O–H groups in total. The Kier molecular flexibility index (Phi) is 14.9. The lowest BCUT2D eigenvalue weighted by atomic mass is 9.84. The molecule has 1 heterocycles. The molecule has 0 radical (unpaired) electrons. The monoisotopic (exact) mass is 602 g/mol. The molecule has 0 bridgehead atoms. The third-order valence-electron chi connectivity index (χ3n) is 7.64. The minimum atomic E-state index is -1.31. The van der Waals surface area contributed by atoms with E-state index < -0.39 is 42.2 Å². The van der Waals surface area contributed by atoms with Crippen LogP contribution in [-0.4, -0.2) is 99.3 Å². The van der Waals surface area contributed by atoms with Crippen LogP contribution in [0.5, 0.6) is 0 Å². The standard InChI is InChI=1S/C31H46N4O8/c1-2-43-27(36)21-32-30(39)28(37)26(22-42-17-9-14-23-10-5-3-6-11-23)33-29(38)25(20-24-12-7-4-8-13-24)34-31(40)35-15-18-41-19-16-35/h3,5-6,10-11,24-26H,2,4,7-9,12-22H2,1H3,(H,32,39)(H,33,38)(H,34,40). The summed E-state index contributed by atoms with van der Waals surface area (Å²) in [6, 6.07) is 7.31. The Bertz CT molecular complexity index is 1040. The predicted octanol–water partition coefficient (Wildman–Crippen LogP) is 1.75. The Morgan fingerprint density at radius 2 is 1.70 bits per heavy atom. The van der Waals surface area contributed by atoms with E-state index in [4.69, 9.17) is 14.2 Å². The van der Waals surface area contributed by atoms with Gasteiger partial charge in [-0.15, -0.1) is 0 Å². The van der Waals surface area contributed by atoms with Gasteiger partial charge in [0.25, 0.3) is 5.91 Å². The number of rotatable bonds is 16. The van der Waals surface area contributed by atoms with E-state index >= 15 is 0 Å². The molecule has 3 rings (SSSR count). The van der Waals surface area contributed by atoms with Gasteiger partial charge in [-0.3, -0.25) is 19.2 Å². The molecule has 12 heteroatoms. The number of benzene rings is 1. The van der Waals surface area contributed by atoms with Gasteiger partial charge in [-0.1, -0.05) is 62.4 Å². The number of carbonyl (C=O) groups excluding carboxylic acids is 5. The van der Waals surface area contributed by atoms with Gasteiger partial charge in [0.15, 0.2) is 0 Å². The Balaban J connectivity index is 1.65. The van der Waals surface area contributed by atoms with Crippen LogP contribution >= 0.6 is 0 Å². The molecule has 0 spiro atoms. The molecule has 1 aromatic carbocycles. The molecular formula is C31H46N4O8. The number of hydrogen-bond acceptors (Lipinski definition) is 8. The molecule has 2 aliphatic rings. The zero-order valence-corrected chi connectivity index (χ0v) is 25.1. The summed E-state index contributed by atoms with van der Waals surface area (Å²) < 4.78 is 15.9. The van der Waals surface area contributed by atoms with Crippen LogP contribution in [0.4, 0.5) is 4.79 Å². The van der Waals surface area contributed by atoms with Crippen LogP contribution in [0.15, 0.2) is 30.3 Å². The molecule has 4 amide bonds. The topological polar surface area (TPSA) is 152 Å². The van der Waals surface area contributed by atoms with Crippen LogP contribution in [0.1, 0.15) is 57.4 Å². The molecule has 43 heavy (non-hydrogen) atoms. The number of nitrogens with one attached hydrogen (secondary N) is 3. The van der Waals surface area contributed by atoms with Crippen molar-refractivity contribution in [2.24, 2.45) is 5.92 Å². The second kappa shape index (κ2) is 18.9. The third kappa shape index (κ3) is 12.3. The SMILES string of the molecule is CCOC(=O)CNC(=O)C(=O)C(COCCCc1ccccc1)NC(=O)C(CC1CCCCC1)NC(=O)N1CCOCC1. The summed E-state index contributed by atoms with van der Waals surface area (Å²) in [7, 11) is 0. The summed E-state index contributed by atoms with van der Waals surface area (Å²) in [6.45, 7) is 3.04. The Hall–Kier alpha value is -3.51. The van der Waals surface area contributed by atoms with E-state index in [9.17, 15) is 24.0 Å². The van der Waals surface area contributed by atoms with Crippen molar-refractivity contribution in [3.63, 3.8) is 0 Å². The number of urea groups is 1. The van der Waals surface area contributed by atoms with Gasteiger partial charge < -0.3 is 35.1 Å². The van der Waals surface area contributed by atoms with Crippen molar-refractivity contribution in [1.29, 1.82) is 0 Å². The second-order valence-corrected chi connectivity index (χ2v) is 10.9. The number of Topliss-reactive ketones (excluding diaryl/α,β-unsaturated/α-hetero) is 1. The first kappa shape index (κ1) is 34.0. The first-order valence-corrected chi connectivity index (χ1v) is 15.4. The lowest BCUT2D eigenvalue weighted by Crippen LogP contribution is -2.58. The van der Waals surface area contributed by atoms with E-state index in [0.717, 1.165) is 44.1 Å². The Labute approximate surface area is 253 Å². The van der Waals surface area contributed by atoms with Gasteiger partial charge in [0, 0.05) is 19.7 Å². The van der Waals surface area contributed by atoms with Crippen molar-refractivity contribution >= 4 is 29.6 Å². The molecule has 2 atom stereocenters. The van der Waals surface area contributed by atoms with Crippen LogP contribution in [0.25, 0.3) is 0 Å². The molecule has 1 aliphatic heterocycles. The van der Waals surface area contributed by atoms with Gasteiger partial charge in [0.05, 0.1) is 26.4 Å². The lowest BCUT2D eigenvalue weighted by Gasteiger charge is -2.31. The molecular weight excluding hydrogens is 556 g/mol. The molecule has 2 fully saturated rings. The fourth-order valence-electron chi connectivity index (χ4n) is 5.28. The normalized spacial score (nSPS) is 16.9. The van der Waals surface area contributed by atoms with Gasteiger partial charge in [0.2, 0.25) is 11.7 Å². The van der Waals surface area contributed by atoms with E-state index in [1.54, 1.807) is 11.8 Å². The first-order valence-electron chi connectivity index (χ1n) is 15.4. The van der Waals surface area contributed by atoms with Crippen molar-refractivity contribution in [2.45, 2.75) is 70.4 Å². The lowest BCUT2D eigenvalue weighted by molar-refractivity contribution is -0.145. The molecule has 1 saturated carbocycles. The van der Waals surface area contributed by atoms with E-state index in [1.807, 2.05) is 30.3 Å². The number of amides is 4. The number of nitrogens with zero attached hydrogens (tertiary/aromatic N) is 1. The molecule has 1 aliphatic carbocycles. The average Bonchev–Trinajstić information content (AvgIpc) is 3.03. The molecule has 12 nitrogen and oxygen atoms in total. The van der Waals surface area contributed by atoms with E-state index in [0.29, 0.717) is 45.8 Å². The Morgan fingerprint density at radius 3 is 2.40 bits per heavy atom. The van der Waals surface area contributed by atoms with Gasteiger partial charge in [-0.2, -0.15) is 0 Å². The molecule has 238 valence electrons. The van der Waals surface area contributed by atoms with Gasteiger partial charge >= 0.3 is 12.0 Å². The highest BCUT2D eigenvalue weighted by molar-refractivity contribution is 6.38. The van der Waals surface area contributed by atoms with Crippen molar-refractivity contribution in [3.05, 3.63) is 35.9 Å². The maximum Gasteiger partial charge on any atom is 0.325 e. The zero-order chi connectivity index (χ0) is 30.9. The van der Waals surface area contributed by atoms with Crippen molar-refractivity contribution in [1.82, 2.24) is 20.9 Å². The number of esters is 1. The zero-order valence-electron chi connectivity index (χ0n) is 25.1. The predicted molar refractivity (Wildman–Crippen MR) is 158 cm³/mol. The highest BCUT2D eigenvalue weighted by Gasteiger charge is 2.33. The molecule has 1 saturated heterocycles. The number of aryl methyl sites for hydroxylation is 1.